The first-order chi connectivity index (χ1) is 26.0. The summed E-state index contributed by atoms with van der Waals surface area (Å²) in [5.74, 6) is 1.86. The van der Waals surface area contributed by atoms with Gasteiger partial charge < -0.3 is 4.57 Å². The summed E-state index contributed by atoms with van der Waals surface area (Å²) in [6.45, 7) is 4.67. The van der Waals surface area contributed by atoms with Crippen LogP contribution in [0.15, 0.2) is 164 Å². The van der Waals surface area contributed by atoms with Crippen LogP contribution in [0, 0.1) is 0 Å². The summed E-state index contributed by atoms with van der Waals surface area (Å²) in [7, 11) is 0. The molecule has 3 heterocycles. The van der Waals surface area contributed by atoms with E-state index < -0.39 is 0 Å². The van der Waals surface area contributed by atoms with E-state index in [0.29, 0.717) is 17.6 Å². The zero-order chi connectivity index (χ0) is 35.3. The Balaban J connectivity index is 1.26. The maximum absolute atomic E-state index is 5.27. The van der Waals surface area contributed by atoms with Crippen molar-refractivity contribution in [2.24, 2.45) is 0 Å². The molecule has 0 N–H and O–H groups in total. The Labute approximate surface area is 306 Å². The first-order valence-electron chi connectivity index (χ1n) is 18.1. The Morgan fingerprint density at radius 1 is 0.396 bits per heavy atom. The molecule has 1 aliphatic rings. The van der Waals surface area contributed by atoms with Crippen LogP contribution >= 0.6 is 0 Å². The Bertz CT molecular complexity index is 2970. The van der Waals surface area contributed by atoms with Crippen LogP contribution in [0.25, 0.3) is 89.2 Å². The fourth-order valence-electron chi connectivity index (χ4n) is 8.65. The molecule has 0 radical (unpaired) electrons. The van der Waals surface area contributed by atoms with Gasteiger partial charge in [-0.2, -0.15) is 9.97 Å². The summed E-state index contributed by atoms with van der Waals surface area (Å²) in [5, 5.41) is 4.79. The minimum absolute atomic E-state index is 0.168. The van der Waals surface area contributed by atoms with Crippen LogP contribution < -0.4 is 0 Å². The van der Waals surface area contributed by atoms with Crippen molar-refractivity contribution in [2.75, 3.05) is 0 Å². The predicted molar refractivity (Wildman–Crippen MR) is 217 cm³/mol. The molecule has 3 aromatic heterocycles. The summed E-state index contributed by atoms with van der Waals surface area (Å²) in [4.78, 5) is 15.6. The van der Waals surface area contributed by atoms with Crippen molar-refractivity contribution in [3.63, 3.8) is 0 Å². The minimum Gasteiger partial charge on any atom is -0.309 e. The standard InChI is InChI=1S/C48H33N5/c1-48(2)39-22-12-9-19-33(39)37-28-38-36-26-25-32(52-41-23-13-10-20-34(41)35-21-11-14-24-42(35)52)27-43(36)53(44(38)29-40(37)48)47-50-45(30-15-5-3-6-16-30)49-46(51-47)31-17-7-4-8-18-31/h3-29H,1-2H3. The van der Waals surface area contributed by atoms with Crippen molar-refractivity contribution < 1.29 is 0 Å². The van der Waals surface area contributed by atoms with Crippen LogP contribution in [-0.2, 0) is 5.41 Å². The highest BCUT2D eigenvalue weighted by Gasteiger charge is 2.36. The molecule has 250 valence electrons. The molecule has 53 heavy (non-hydrogen) atoms. The first kappa shape index (κ1) is 29.8. The molecule has 0 atom stereocenters. The molecule has 0 unspecified atom stereocenters. The van der Waals surface area contributed by atoms with Crippen molar-refractivity contribution in [2.45, 2.75) is 19.3 Å². The van der Waals surface area contributed by atoms with Gasteiger partial charge in [0.1, 0.15) is 0 Å². The molecule has 0 aliphatic heterocycles. The highest BCUT2D eigenvalue weighted by atomic mass is 15.2. The second kappa shape index (κ2) is 11.1. The summed E-state index contributed by atoms with van der Waals surface area (Å²) >= 11 is 0. The van der Waals surface area contributed by atoms with E-state index in [1.165, 1.54) is 49.4 Å². The second-order valence-corrected chi connectivity index (χ2v) is 14.5. The first-order valence-corrected chi connectivity index (χ1v) is 18.1. The lowest BCUT2D eigenvalue weighted by Gasteiger charge is -2.21. The van der Waals surface area contributed by atoms with E-state index in [9.17, 15) is 0 Å². The number of rotatable bonds is 4. The summed E-state index contributed by atoms with van der Waals surface area (Å²) in [5.41, 5.74) is 12.5. The van der Waals surface area contributed by atoms with Crippen LogP contribution in [0.1, 0.15) is 25.0 Å². The molecular weight excluding hydrogens is 647 g/mol. The molecule has 0 fully saturated rings. The SMILES string of the molecule is CC1(C)c2ccccc2-c2cc3c4ccc(-n5c6ccccc6c6ccccc65)cc4n(-c4nc(-c5ccccc5)nc(-c5ccccc5)n4)c3cc21. The Hall–Kier alpha value is -6.85. The van der Waals surface area contributed by atoms with E-state index in [4.69, 9.17) is 15.0 Å². The van der Waals surface area contributed by atoms with Crippen molar-refractivity contribution in [3.05, 3.63) is 175 Å². The van der Waals surface area contributed by atoms with Gasteiger partial charge in [-0.15, -0.1) is 0 Å². The lowest BCUT2D eigenvalue weighted by molar-refractivity contribution is 0.661. The number of aromatic nitrogens is 5. The monoisotopic (exact) mass is 679 g/mol. The van der Waals surface area contributed by atoms with Gasteiger partial charge in [0.15, 0.2) is 11.6 Å². The zero-order valence-corrected chi connectivity index (χ0v) is 29.3. The van der Waals surface area contributed by atoms with Crippen LogP contribution in [0.5, 0.6) is 0 Å². The zero-order valence-electron chi connectivity index (χ0n) is 29.3. The summed E-state index contributed by atoms with van der Waals surface area (Å²) in [6, 6.07) is 58.2. The maximum atomic E-state index is 5.27. The van der Waals surface area contributed by atoms with Gasteiger partial charge in [0.2, 0.25) is 5.95 Å². The molecule has 5 heteroatoms. The number of nitrogens with zero attached hydrogens (tertiary/aromatic N) is 5. The van der Waals surface area contributed by atoms with Crippen molar-refractivity contribution in [1.82, 2.24) is 24.1 Å². The summed E-state index contributed by atoms with van der Waals surface area (Å²) < 4.78 is 4.64. The lowest BCUT2D eigenvalue weighted by atomic mass is 9.82. The molecule has 0 saturated heterocycles. The molecule has 5 nitrogen and oxygen atoms in total. The Morgan fingerprint density at radius 3 is 1.60 bits per heavy atom. The van der Waals surface area contributed by atoms with Crippen LogP contribution in [0.3, 0.4) is 0 Å². The lowest BCUT2D eigenvalue weighted by Crippen LogP contribution is -2.15. The number of hydrogen-bond donors (Lipinski definition) is 0. The largest absolute Gasteiger partial charge is 0.309 e. The highest BCUT2D eigenvalue weighted by molar-refractivity contribution is 6.13. The number of fused-ring (bicyclic) bond motifs is 9. The molecule has 0 amide bonds. The fourth-order valence-corrected chi connectivity index (χ4v) is 8.65. The highest BCUT2D eigenvalue weighted by Crippen LogP contribution is 2.51. The fraction of sp³-hybridized carbons (Fsp3) is 0.0625. The summed E-state index contributed by atoms with van der Waals surface area (Å²) in [6.07, 6.45) is 0. The van der Waals surface area contributed by atoms with Gasteiger partial charge in [-0.25, -0.2) is 4.98 Å². The quantitative estimate of drug-likeness (QED) is 0.186. The van der Waals surface area contributed by atoms with Crippen LogP contribution in [0.2, 0.25) is 0 Å². The Morgan fingerprint density at radius 2 is 0.943 bits per heavy atom. The molecular formula is C48H33N5. The van der Waals surface area contributed by atoms with E-state index in [1.807, 2.05) is 36.4 Å². The topological polar surface area (TPSA) is 48.5 Å². The van der Waals surface area contributed by atoms with Gasteiger partial charge in [-0.1, -0.05) is 141 Å². The number of hydrogen-bond acceptors (Lipinski definition) is 3. The third kappa shape index (κ3) is 4.34. The van der Waals surface area contributed by atoms with Crippen LogP contribution in [0.4, 0.5) is 0 Å². The van der Waals surface area contributed by atoms with Crippen molar-refractivity contribution in [3.8, 4) is 45.5 Å². The van der Waals surface area contributed by atoms with Gasteiger partial charge in [0, 0.05) is 43.8 Å². The van der Waals surface area contributed by atoms with E-state index in [2.05, 4.69) is 150 Å². The molecule has 0 saturated carbocycles. The average molecular weight is 680 g/mol. The normalized spacial score (nSPS) is 13.2. The maximum Gasteiger partial charge on any atom is 0.238 e. The van der Waals surface area contributed by atoms with Gasteiger partial charge in [0.25, 0.3) is 0 Å². The van der Waals surface area contributed by atoms with E-state index >= 15 is 0 Å². The third-order valence-corrected chi connectivity index (χ3v) is 11.2. The van der Waals surface area contributed by atoms with Gasteiger partial charge >= 0.3 is 0 Å². The van der Waals surface area contributed by atoms with Gasteiger partial charge in [0.05, 0.1) is 22.1 Å². The minimum atomic E-state index is -0.168. The number of para-hydroxylation sites is 2. The second-order valence-electron chi connectivity index (χ2n) is 14.5. The molecule has 1 aliphatic carbocycles. The third-order valence-electron chi connectivity index (χ3n) is 11.2. The molecule has 0 bridgehead atoms. The molecule has 0 spiro atoms. The van der Waals surface area contributed by atoms with Crippen molar-refractivity contribution in [1.29, 1.82) is 0 Å². The van der Waals surface area contributed by atoms with Crippen molar-refractivity contribution >= 4 is 43.6 Å². The van der Waals surface area contributed by atoms with Gasteiger partial charge in [-0.05, 0) is 58.7 Å². The smallest absolute Gasteiger partial charge is 0.238 e. The average Bonchev–Trinajstić information content (AvgIpc) is 3.80. The molecule has 7 aromatic carbocycles. The predicted octanol–water partition coefficient (Wildman–Crippen LogP) is 11.7. The Kier molecular flexibility index (Phi) is 6.23. The van der Waals surface area contributed by atoms with E-state index in [1.54, 1.807) is 0 Å². The molecule has 10 aromatic rings. The van der Waals surface area contributed by atoms with Gasteiger partial charge in [-0.3, -0.25) is 4.57 Å². The molecule has 11 rings (SSSR count). The number of benzene rings is 7. The van der Waals surface area contributed by atoms with E-state index in [0.717, 1.165) is 33.2 Å². The van der Waals surface area contributed by atoms with E-state index in [-0.39, 0.29) is 5.41 Å². The van der Waals surface area contributed by atoms with Crippen LogP contribution in [-0.4, -0.2) is 24.1 Å².